The van der Waals surface area contributed by atoms with Gasteiger partial charge in [0.25, 0.3) is 5.91 Å². The highest BCUT2D eigenvalue weighted by Gasteiger charge is 2.33. The van der Waals surface area contributed by atoms with Gasteiger partial charge >= 0.3 is 0 Å². The van der Waals surface area contributed by atoms with Crippen LogP contribution in [0, 0.1) is 0 Å². The maximum atomic E-state index is 12.6. The largest absolute Gasteiger partial charge is 0.479 e. The normalized spacial score (nSPS) is 15.5. The third-order valence-corrected chi connectivity index (χ3v) is 5.01. The first-order chi connectivity index (χ1) is 13.4. The van der Waals surface area contributed by atoms with E-state index < -0.39 is 6.10 Å². The Labute approximate surface area is 171 Å². The summed E-state index contributed by atoms with van der Waals surface area (Å²) in [5.74, 6) is -0.417. The van der Waals surface area contributed by atoms with E-state index >= 15 is 0 Å². The standard InChI is InChI=1S/C20H20BrN3O4/c1-13-20(27)24(16-9-5-6-10-17(16)28-13)12-19(26)23(2)11-18(25)22-15-8-4-3-7-14(15)21/h3-10,13H,11-12H2,1-2H3,(H,22,25)/t13-/m1/s1. The van der Waals surface area contributed by atoms with Crippen LogP contribution in [-0.4, -0.2) is 48.9 Å². The van der Waals surface area contributed by atoms with Gasteiger partial charge in [0.1, 0.15) is 12.3 Å². The van der Waals surface area contributed by atoms with Crippen molar-refractivity contribution in [2.24, 2.45) is 0 Å². The Kier molecular flexibility index (Phi) is 5.99. The van der Waals surface area contributed by atoms with Crippen molar-refractivity contribution >= 4 is 45.0 Å². The fraction of sp³-hybridized carbons (Fsp3) is 0.250. The van der Waals surface area contributed by atoms with E-state index in [4.69, 9.17) is 4.74 Å². The number of anilines is 2. The van der Waals surface area contributed by atoms with E-state index in [1.165, 1.54) is 16.8 Å². The smallest absolute Gasteiger partial charge is 0.268 e. The highest BCUT2D eigenvalue weighted by molar-refractivity contribution is 9.10. The van der Waals surface area contributed by atoms with Gasteiger partial charge < -0.3 is 15.0 Å². The highest BCUT2D eigenvalue weighted by atomic mass is 79.9. The molecule has 0 aromatic heterocycles. The van der Waals surface area contributed by atoms with Gasteiger partial charge in [0.05, 0.1) is 17.9 Å². The van der Waals surface area contributed by atoms with Crippen molar-refractivity contribution in [3.05, 3.63) is 53.0 Å². The molecule has 2 aromatic carbocycles. The summed E-state index contributed by atoms with van der Waals surface area (Å²) in [7, 11) is 1.53. The molecule has 7 nitrogen and oxygen atoms in total. The molecule has 28 heavy (non-hydrogen) atoms. The van der Waals surface area contributed by atoms with E-state index in [1.807, 2.05) is 12.1 Å². The number of likely N-dealkylation sites (N-methyl/N-ethyl adjacent to an activating group) is 1. The summed E-state index contributed by atoms with van der Waals surface area (Å²) in [6, 6.07) is 14.3. The SMILES string of the molecule is C[C@H]1Oc2ccccc2N(CC(=O)N(C)CC(=O)Nc2ccccc2Br)C1=O. The summed E-state index contributed by atoms with van der Waals surface area (Å²) >= 11 is 3.36. The van der Waals surface area contributed by atoms with Crippen molar-refractivity contribution in [1.82, 2.24) is 4.90 Å². The molecule has 0 aliphatic carbocycles. The first-order valence-corrected chi connectivity index (χ1v) is 9.51. The molecule has 0 spiro atoms. The maximum absolute atomic E-state index is 12.6. The van der Waals surface area contributed by atoms with Crippen molar-refractivity contribution < 1.29 is 19.1 Å². The zero-order valence-corrected chi connectivity index (χ0v) is 17.1. The van der Waals surface area contributed by atoms with E-state index in [-0.39, 0.29) is 30.8 Å². The number of fused-ring (bicyclic) bond motifs is 1. The third-order valence-electron chi connectivity index (χ3n) is 4.32. The lowest BCUT2D eigenvalue weighted by molar-refractivity contribution is -0.134. The molecule has 1 aliphatic heterocycles. The van der Waals surface area contributed by atoms with Crippen LogP contribution < -0.4 is 15.0 Å². The van der Waals surface area contributed by atoms with Gasteiger partial charge in [-0.2, -0.15) is 0 Å². The van der Waals surface area contributed by atoms with Gasteiger partial charge in [0.2, 0.25) is 11.8 Å². The molecule has 0 saturated carbocycles. The predicted molar refractivity (Wildman–Crippen MR) is 109 cm³/mol. The van der Waals surface area contributed by atoms with Gasteiger partial charge in [-0.1, -0.05) is 24.3 Å². The number of nitrogens with one attached hydrogen (secondary N) is 1. The van der Waals surface area contributed by atoms with Crippen LogP contribution in [0.3, 0.4) is 0 Å². The Morgan fingerprint density at radius 1 is 1.18 bits per heavy atom. The molecule has 0 fully saturated rings. The molecule has 3 rings (SSSR count). The first kappa shape index (κ1) is 19.9. The Morgan fingerprint density at radius 2 is 1.86 bits per heavy atom. The molecule has 1 N–H and O–H groups in total. The summed E-state index contributed by atoms with van der Waals surface area (Å²) in [5, 5.41) is 2.75. The number of hydrogen-bond acceptors (Lipinski definition) is 4. The molecule has 1 heterocycles. The molecule has 8 heteroatoms. The summed E-state index contributed by atoms with van der Waals surface area (Å²) in [6.07, 6.45) is -0.674. The molecule has 3 amide bonds. The monoisotopic (exact) mass is 445 g/mol. The van der Waals surface area contributed by atoms with Gasteiger partial charge in [-0.05, 0) is 47.1 Å². The number of ether oxygens (including phenoxy) is 1. The molecular formula is C20H20BrN3O4. The van der Waals surface area contributed by atoms with Gasteiger partial charge in [-0.25, -0.2) is 0 Å². The van der Waals surface area contributed by atoms with Crippen molar-refractivity contribution in [2.45, 2.75) is 13.0 Å². The molecule has 0 saturated heterocycles. The summed E-state index contributed by atoms with van der Waals surface area (Å²) in [6.45, 7) is 1.35. The van der Waals surface area contributed by atoms with Crippen molar-refractivity contribution in [1.29, 1.82) is 0 Å². The highest BCUT2D eigenvalue weighted by Crippen LogP contribution is 2.33. The maximum Gasteiger partial charge on any atom is 0.268 e. The van der Waals surface area contributed by atoms with Gasteiger partial charge in [-0.15, -0.1) is 0 Å². The van der Waals surface area contributed by atoms with Crippen LogP contribution in [0.2, 0.25) is 0 Å². The van der Waals surface area contributed by atoms with E-state index in [9.17, 15) is 14.4 Å². The quantitative estimate of drug-likeness (QED) is 0.766. The second kappa shape index (κ2) is 8.43. The van der Waals surface area contributed by atoms with E-state index in [2.05, 4.69) is 21.2 Å². The number of carbonyl (C=O) groups is 3. The minimum absolute atomic E-state index is 0.129. The van der Waals surface area contributed by atoms with E-state index in [0.717, 1.165) is 4.47 Å². The second-order valence-electron chi connectivity index (χ2n) is 6.43. The number of amides is 3. The lowest BCUT2D eigenvalue weighted by Crippen LogP contribution is -2.49. The number of para-hydroxylation sites is 3. The lowest BCUT2D eigenvalue weighted by Gasteiger charge is -2.33. The van der Waals surface area contributed by atoms with Crippen molar-refractivity contribution in [3.8, 4) is 5.75 Å². The Hall–Kier alpha value is -2.87. The van der Waals surface area contributed by atoms with Crippen LogP contribution >= 0.6 is 15.9 Å². The van der Waals surface area contributed by atoms with Gasteiger partial charge in [0, 0.05) is 11.5 Å². The number of rotatable bonds is 5. The summed E-state index contributed by atoms with van der Waals surface area (Å²) < 4.78 is 6.33. The molecule has 0 unspecified atom stereocenters. The topological polar surface area (TPSA) is 79.0 Å². The number of halogens is 1. The zero-order chi connectivity index (χ0) is 20.3. The molecular weight excluding hydrogens is 426 g/mol. The lowest BCUT2D eigenvalue weighted by atomic mass is 10.2. The molecule has 0 radical (unpaired) electrons. The fourth-order valence-electron chi connectivity index (χ4n) is 2.83. The van der Waals surface area contributed by atoms with E-state index in [1.54, 1.807) is 43.3 Å². The number of benzene rings is 2. The second-order valence-corrected chi connectivity index (χ2v) is 7.28. The minimum Gasteiger partial charge on any atom is -0.479 e. The van der Waals surface area contributed by atoms with Crippen LogP contribution in [0.25, 0.3) is 0 Å². The predicted octanol–water partition coefficient (Wildman–Crippen LogP) is 2.66. The van der Waals surface area contributed by atoms with Crippen LogP contribution in [-0.2, 0) is 14.4 Å². The van der Waals surface area contributed by atoms with Gasteiger partial charge in [0.15, 0.2) is 6.10 Å². The first-order valence-electron chi connectivity index (χ1n) is 8.72. The van der Waals surface area contributed by atoms with Crippen molar-refractivity contribution in [2.75, 3.05) is 30.4 Å². The summed E-state index contributed by atoms with van der Waals surface area (Å²) in [5.41, 5.74) is 1.17. The molecule has 1 atom stereocenters. The average molecular weight is 446 g/mol. The number of hydrogen-bond donors (Lipinski definition) is 1. The number of carbonyl (C=O) groups excluding carboxylic acids is 3. The van der Waals surface area contributed by atoms with Crippen LogP contribution in [0.15, 0.2) is 53.0 Å². The van der Waals surface area contributed by atoms with Crippen LogP contribution in [0.4, 0.5) is 11.4 Å². The van der Waals surface area contributed by atoms with Gasteiger partial charge in [-0.3, -0.25) is 19.3 Å². The van der Waals surface area contributed by atoms with Crippen molar-refractivity contribution in [3.63, 3.8) is 0 Å². The Bertz CT molecular complexity index is 918. The number of nitrogens with zero attached hydrogens (tertiary/aromatic N) is 2. The minimum atomic E-state index is -0.674. The van der Waals surface area contributed by atoms with Crippen LogP contribution in [0.5, 0.6) is 5.75 Å². The van der Waals surface area contributed by atoms with Crippen LogP contribution in [0.1, 0.15) is 6.92 Å². The molecule has 146 valence electrons. The molecule has 1 aliphatic rings. The average Bonchev–Trinajstić information content (AvgIpc) is 2.67. The summed E-state index contributed by atoms with van der Waals surface area (Å²) in [4.78, 5) is 40.1. The Morgan fingerprint density at radius 3 is 2.61 bits per heavy atom. The molecule has 2 aromatic rings. The molecule has 0 bridgehead atoms. The third kappa shape index (κ3) is 4.33. The Balaban J connectivity index is 1.65. The van der Waals surface area contributed by atoms with E-state index in [0.29, 0.717) is 17.1 Å². The zero-order valence-electron chi connectivity index (χ0n) is 15.5. The fourth-order valence-corrected chi connectivity index (χ4v) is 3.22.